The smallest absolute Gasteiger partial charge is 0.165 e. The van der Waals surface area contributed by atoms with E-state index in [9.17, 15) is 8.78 Å². The van der Waals surface area contributed by atoms with E-state index in [4.69, 9.17) is 15.2 Å². The van der Waals surface area contributed by atoms with Crippen molar-refractivity contribution in [2.75, 3.05) is 7.11 Å². The average molecular weight is 308 g/mol. The number of nitrogens with two attached hydrogens (primary N) is 1. The summed E-state index contributed by atoms with van der Waals surface area (Å²) >= 11 is 0. The van der Waals surface area contributed by atoms with Crippen molar-refractivity contribution in [2.45, 2.75) is 44.5 Å². The van der Waals surface area contributed by atoms with Crippen LogP contribution in [0.3, 0.4) is 0 Å². The lowest BCUT2D eigenvalue weighted by Crippen LogP contribution is -2.25. The van der Waals surface area contributed by atoms with Gasteiger partial charge >= 0.3 is 0 Å². The first-order valence-electron chi connectivity index (χ1n) is 6.51. The van der Waals surface area contributed by atoms with Crippen molar-refractivity contribution in [1.29, 1.82) is 0 Å². The van der Waals surface area contributed by atoms with Gasteiger partial charge < -0.3 is 15.2 Å². The minimum Gasteiger partial charge on any atom is -0.496 e. The second-order valence-corrected chi connectivity index (χ2v) is 4.79. The first kappa shape index (κ1) is 17.0. The van der Waals surface area contributed by atoms with E-state index >= 15 is 0 Å². The maximum absolute atomic E-state index is 13.9. The van der Waals surface area contributed by atoms with Crippen LogP contribution in [-0.4, -0.2) is 19.4 Å². The maximum atomic E-state index is 13.9. The molecule has 0 saturated heterocycles. The van der Waals surface area contributed by atoms with E-state index in [0.29, 0.717) is 37.0 Å². The number of hydrogen-bond donors (Lipinski definition) is 1. The van der Waals surface area contributed by atoms with Gasteiger partial charge in [-0.15, -0.1) is 12.4 Å². The summed E-state index contributed by atoms with van der Waals surface area (Å²) in [6.45, 7) is 0.202. The van der Waals surface area contributed by atoms with Gasteiger partial charge in [-0.2, -0.15) is 0 Å². The van der Waals surface area contributed by atoms with Gasteiger partial charge in [0, 0.05) is 18.2 Å². The normalized spacial score (nSPS) is 22.0. The molecule has 0 bridgehead atoms. The highest BCUT2D eigenvalue weighted by molar-refractivity contribution is 5.85. The lowest BCUT2D eigenvalue weighted by molar-refractivity contribution is 0.109. The maximum Gasteiger partial charge on any atom is 0.165 e. The first-order chi connectivity index (χ1) is 9.13. The largest absolute Gasteiger partial charge is 0.496 e. The van der Waals surface area contributed by atoms with Gasteiger partial charge in [0.15, 0.2) is 11.6 Å². The van der Waals surface area contributed by atoms with Gasteiger partial charge in [-0.1, -0.05) is 0 Å². The number of hydrogen-bond acceptors (Lipinski definition) is 3. The topological polar surface area (TPSA) is 44.5 Å². The molecule has 2 rings (SSSR count). The molecule has 1 saturated carbocycles. The number of alkyl halides is 1. The van der Waals surface area contributed by atoms with Crippen molar-refractivity contribution in [3.8, 4) is 11.5 Å². The van der Waals surface area contributed by atoms with Crippen LogP contribution in [0.15, 0.2) is 12.1 Å². The summed E-state index contributed by atoms with van der Waals surface area (Å²) in [5.74, 6) is 0.207. The van der Waals surface area contributed by atoms with Crippen molar-refractivity contribution in [3.05, 3.63) is 23.5 Å². The number of rotatable bonds is 4. The fourth-order valence-electron chi connectivity index (χ4n) is 2.34. The highest BCUT2D eigenvalue weighted by Gasteiger charge is 2.23. The van der Waals surface area contributed by atoms with Crippen LogP contribution in [0.25, 0.3) is 0 Å². The molecular weight excluding hydrogens is 288 g/mol. The highest BCUT2D eigenvalue weighted by atomic mass is 35.5. The Hall–Kier alpha value is -1.07. The summed E-state index contributed by atoms with van der Waals surface area (Å²) in [5, 5.41) is 0. The Balaban J connectivity index is 0.00000200. The molecule has 1 fully saturated rings. The summed E-state index contributed by atoms with van der Waals surface area (Å²) in [6.07, 6.45) is 1.30. The molecule has 6 heteroatoms. The van der Waals surface area contributed by atoms with Crippen molar-refractivity contribution in [1.82, 2.24) is 0 Å². The van der Waals surface area contributed by atoms with E-state index in [1.165, 1.54) is 19.2 Å². The standard InChI is InChI=1S/C14H19F2NO2.ClH/c1-18-13-7-14(12(16)6-9(13)8-17)19-11-4-2-10(15)3-5-11;/h6-7,10-11H,2-5,8,17H2,1H3;1H/t10-,11+;. The number of ether oxygens (including phenoxy) is 2. The third kappa shape index (κ3) is 3.96. The summed E-state index contributed by atoms with van der Waals surface area (Å²) in [6, 6.07) is 2.84. The Labute approximate surface area is 123 Å². The molecule has 0 unspecified atom stereocenters. The quantitative estimate of drug-likeness (QED) is 0.927. The number of methoxy groups -OCH3 is 1. The van der Waals surface area contributed by atoms with Crippen molar-refractivity contribution in [3.63, 3.8) is 0 Å². The molecule has 0 aliphatic heterocycles. The van der Waals surface area contributed by atoms with Crippen LogP contribution >= 0.6 is 12.4 Å². The monoisotopic (exact) mass is 307 g/mol. The predicted molar refractivity (Wildman–Crippen MR) is 75.9 cm³/mol. The van der Waals surface area contributed by atoms with Crippen molar-refractivity contribution >= 4 is 12.4 Å². The zero-order chi connectivity index (χ0) is 13.8. The van der Waals surface area contributed by atoms with E-state index in [-0.39, 0.29) is 30.8 Å². The molecule has 2 N–H and O–H groups in total. The lowest BCUT2D eigenvalue weighted by Gasteiger charge is -2.25. The Morgan fingerprint density at radius 3 is 2.40 bits per heavy atom. The molecule has 20 heavy (non-hydrogen) atoms. The fraction of sp³-hybridized carbons (Fsp3) is 0.571. The van der Waals surface area contributed by atoms with Crippen LogP contribution in [0.2, 0.25) is 0 Å². The van der Waals surface area contributed by atoms with E-state index in [2.05, 4.69) is 0 Å². The SMILES string of the molecule is COc1cc(O[C@H]2CC[C@@H](F)CC2)c(F)cc1CN.Cl. The van der Waals surface area contributed by atoms with Gasteiger partial charge in [-0.05, 0) is 31.7 Å². The Bertz CT molecular complexity index is 437. The van der Waals surface area contributed by atoms with Crippen LogP contribution in [0, 0.1) is 5.82 Å². The minimum atomic E-state index is -0.751. The van der Waals surface area contributed by atoms with E-state index in [1.54, 1.807) is 0 Å². The molecule has 0 heterocycles. The molecule has 0 spiro atoms. The van der Waals surface area contributed by atoms with Gasteiger partial charge in [-0.3, -0.25) is 0 Å². The molecule has 0 aromatic heterocycles. The molecule has 0 radical (unpaired) electrons. The molecule has 1 aromatic rings. The minimum absolute atomic E-state index is 0. The van der Waals surface area contributed by atoms with E-state index < -0.39 is 12.0 Å². The molecular formula is C14H20ClF2NO2. The van der Waals surface area contributed by atoms with Gasteiger partial charge in [0.1, 0.15) is 11.9 Å². The van der Waals surface area contributed by atoms with Crippen LogP contribution in [-0.2, 0) is 6.54 Å². The van der Waals surface area contributed by atoms with E-state index in [0.717, 1.165) is 0 Å². The van der Waals surface area contributed by atoms with Gasteiger partial charge in [-0.25, -0.2) is 8.78 Å². The molecule has 1 aromatic carbocycles. The number of benzene rings is 1. The average Bonchev–Trinajstić information content (AvgIpc) is 2.43. The molecule has 114 valence electrons. The van der Waals surface area contributed by atoms with Crippen LogP contribution in [0.1, 0.15) is 31.2 Å². The fourth-order valence-corrected chi connectivity index (χ4v) is 2.34. The second kappa shape index (κ2) is 7.64. The third-order valence-electron chi connectivity index (χ3n) is 3.45. The third-order valence-corrected chi connectivity index (χ3v) is 3.45. The molecule has 1 aliphatic rings. The number of halogens is 3. The van der Waals surface area contributed by atoms with Crippen molar-refractivity contribution in [2.24, 2.45) is 5.73 Å². The van der Waals surface area contributed by atoms with Gasteiger partial charge in [0.2, 0.25) is 0 Å². The summed E-state index contributed by atoms with van der Waals surface area (Å²) in [7, 11) is 1.50. The Kier molecular flexibility index (Phi) is 6.49. The molecule has 3 nitrogen and oxygen atoms in total. The summed E-state index contributed by atoms with van der Waals surface area (Å²) < 4.78 is 37.7. The van der Waals surface area contributed by atoms with Gasteiger partial charge in [0.25, 0.3) is 0 Å². The Morgan fingerprint density at radius 1 is 1.20 bits per heavy atom. The summed E-state index contributed by atoms with van der Waals surface area (Å²) in [5.41, 5.74) is 6.11. The van der Waals surface area contributed by atoms with E-state index in [1.807, 2.05) is 0 Å². The van der Waals surface area contributed by atoms with Crippen LogP contribution in [0.5, 0.6) is 11.5 Å². The lowest BCUT2D eigenvalue weighted by atomic mass is 9.96. The predicted octanol–water partition coefficient (Wildman–Crippen LogP) is 3.37. The van der Waals surface area contributed by atoms with Crippen LogP contribution in [0.4, 0.5) is 8.78 Å². The highest BCUT2D eigenvalue weighted by Crippen LogP contribution is 2.31. The molecule has 0 atom stereocenters. The summed E-state index contributed by atoms with van der Waals surface area (Å²) in [4.78, 5) is 0. The zero-order valence-corrected chi connectivity index (χ0v) is 12.2. The van der Waals surface area contributed by atoms with Crippen molar-refractivity contribution < 1.29 is 18.3 Å². The van der Waals surface area contributed by atoms with Gasteiger partial charge in [0.05, 0.1) is 13.2 Å². The second-order valence-electron chi connectivity index (χ2n) is 4.79. The first-order valence-corrected chi connectivity index (χ1v) is 6.51. The Morgan fingerprint density at radius 2 is 1.85 bits per heavy atom. The van der Waals surface area contributed by atoms with Crippen LogP contribution < -0.4 is 15.2 Å². The molecule has 1 aliphatic carbocycles. The molecule has 0 amide bonds. The zero-order valence-electron chi connectivity index (χ0n) is 11.4.